The number of nitrogens with zero attached hydrogens (tertiary/aromatic N) is 2. The molecule has 0 saturated carbocycles. The second-order valence-electron chi connectivity index (χ2n) is 5.94. The highest BCUT2D eigenvalue weighted by Gasteiger charge is 2.18. The number of aliphatic imine (C=N–C) groups is 1. The number of aryl methyl sites for hydroxylation is 2. The van der Waals surface area contributed by atoms with E-state index in [1.165, 1.54) is 23.1 Å². The van der Waals surface area contributed by atoms with Crippen LogP contribution in [0.4, 0.5) is 5.13 Å². The first-order valence-corrected chi connectivity index (χ1v) is 9.06. The maximum absolute atomic E-state index is 10.2. The fourth-order valence-corrected chi connectivity index (χ4v) is 4.08. The first kappa shape index (κ1) is 15.8. The summed E-state index contributed by atoms with van der Waals surface area (Å²) in [6.07, 6.45) is 4.89. The van der Waals surface area contributed by atoms with Gasteiger partial charge in [0.1, 0.15) is 0 Å². The summed E-state index contributed by atoms with van der Waals surface area (Å²) in [5.41, 5.74) is 4.25. The summed E-state index contributed by atoms with van der Waals surface area (Å²) >= 11 is 1.63. The molecule has 0 amide bonds. The molecular weight excluding hydrogens is 332 g/mol. The third-order valence-electron chi connectivity index (χ3n) is 4.37. The number of phenolic OH excluding ortho intramolecular Hbond substituents is 1. The molecule has 0 atom stereocenters. The Kier molecular flexibility index (Phi) is 4.24. The van der Waals surface area contributed by atoms with Crippen LogP contribution in [0.5, 0.6) is 11.5 Å². The highest BCUT2D eigenvalue weighted by Crippen LogP contribution is 2.38. The third kappa shape index (κ3) is 3.03. The Hall–Kier alpha value is -2.66. The Labute approximate surface area is 150 Å². The second kappa shape index (κ2) is 6.69. The Morgan fingerprint density at radius 1 is 1.16 bits per heavy atom. The second-order valence-corrected chi connectivity index (χ2v) is 7.00. The van der Waals surface area contributed by atoms with Gasteiger partial charge in [0.25, 0.3) is 0 Å². The molecule has 0 fully saturated rings. The molecule has 4 rings (SSSR count). The number of hydrogen-bond acceptors (Lipinski definition) is 5. The average Bonchev–Trinajstić information content (AvgIpc) is 2.96. The van der Waals surface area contributed by atoms with Gasteiger partial charge in [-0.25, -0.2) is 9.98 Å². The SMILES string of the molecule is COc1cccc(/C=N/c2nc3c(s2)CCCc2ccccc2-3)c1O. The number of benzene rings is 2. The van der Waals surface area contributed by atoms with Crippen molar-refractivity contribution in [2.45, 2.75) is 19.3 Å². The van der Waals surface area contributed by atoms with Crippen molar-refractivity contribution >= 4 is 22.7 Å². The molecule has 25 heavy (non-hydrogen) atoms. The van der Waals surface area contributed by atoms with Crippen molar-refractivity contribution in [3.63, 3.8) is 0 Å². The molecule has 1 aromatic heterocycles. The van der Waals surface area contributed by atoms with E-state index < -0.39 is 0 Å². The van der Waals surface area contributed by atoms with Crippen LogP contribution in [0, 0.1) is 0 Å². The lowest BCUT2D eigenvalue weighted by atomic mass is 10.0. The van der Waals surface area contributed by atoms with E-state index in [0.29, 0.717) is 16.4 Å². The van der Waals surface area contributed by atoms with Crippen molar-refractivity contribution in [2.24, 2.45) is 4.99 Å². The summed E-state index contributed by atoms with van der Waals surface area (Å²) in [6.45, 7) is 0. The van der Waals surface area contributed by atoms with Gasteiger partial charge in [-0.2, -0.15) is 0 Å². The van der Waals surface area contributed by atoms with Gasteiger partial charge < -0.3 is 9.84 Å². The number of methoxy groups -OCH3 is 1. The van der Waals surface area contributed by atoms with E-state index in [2.05, 4.69) is 29.3 Å². The molecule has 126 valence electrons. The summed E-state index contributed by atoms with van der Waals surface area (Å²) in [5, 5.41) is 10.9. The highest BCUT2D eigenvalue weighted by atomic mass is 32.1. The maximum atomic E-state index is 10.2. The van der Waals surface area contributed by atoms with E-state index in [9.17, 15) is 5.11 Å². The molecule has 0 spiro atoms. The molecule has 0 bridgehead atoms. The number of aromatic nitrogens is 1. The van der Waals surface area contributed by atoms with Gasteiger partial charge in [-0.15, -0.1) is 0 Å². The number of thiazole rings is 1. The average molecular weight is 350 g/mol. The van der Waals surface area contributed by atoms with Gasteiger partial charge in [-0.3, -0.25) is 0 Å². The summed E-state index contributed by atoms with van der Waals surface area (Å²) in [7, 11) is 1.53. The van der Waals surface area contributed by atoms with Gasteiger partial charge in [0, 0.05) is 22.2 Å². The zero-order valence-corrected chi connectivity index (χ0v) is 14.7. The van der Waals surface area contributed by atoms with Crippen LogP contribution in [0.1, 0.15) is 22.4 Å². The molecular formula is C20H18N2O2S. The Morgan fingerprint density at radius 3 is 2.92 bits per heavy atom. The smallest absolute Gasteiger partial charge is 0.209 e. The standard InChI is InChI=1S/C20H18N2O2S/c1-24-16-10-4-8-14(19(16)23)12-21-20-22-18-15-9-3-2-6-13(15)7-5-11-17(18)25-20/h2-4,6,8-10,12,23H,5,7,11H2,1H3/b21-12+. The van der Waals surface area contributed by atoms with E-state index in [0.717, 1.165) is 25.0 Å². The number of ether oxygens (including phenoxy) is 1. The highest BCUT2D eigenvalue weighted by molar-refractivity contribution is 7.15. The van der Waals surface area contributed by atoms with Gasteiger partial charge in [-0.05, 0) is 37.0 Å². The van der Waals surface area contributed by atoms with E-state index in [1.54, 1.807) is 29.7 Å². The third-order valence-corrected chi connectivity index (χ3v) is 5.40. The molecule has 0 saturated heterocycles. The van der Waals surface area contributed by atoms with Crippen LogP contribution < -0.4 is 4.74 Å². The molecule has 2 aromatic carbocycles. The van der Waals surface area contributed by atoms with Crippen molar-refractivity contribution in [1.29, 1.82) is 0 Å². The number of aromatic hydroxyl groups is 1. The summed E-state index contributed by atoms with van der Waals surface area (Å²) in [6, 6.07) is 13.8. The number of phenols is 1. The van der Waals surface area contributed by atoms with Crippen molar-refractivity contribution < 1.29 is 9.84 Å². The fourth-order valence-electron chi connectivity index (χ4n) is 3.12. The van der Waals surface area contributed by atoms with Crippen molar-refractivity contribution in [3.05, 3.63) is 58.5 Å². The topological polar surface area (TPSA) is 54.7 Å². The Bertz CT molecular complexity index is 947. The van der Waals surface area contributed by atoms with Gasteiger partial charge in [-0.1, -0.05) is 41.7 Å². The minimum Gasteiger partial charge on any atom is -0.504 e. The lowest BCUT2D eigenvalue weighted by molar-refractivity contribution is 0.373. The first-order chi connectivity index (χ1) is 12.3. The van der Waals surface area contributed by atoms with Crippen LogP contribution in [0.2, 0.25) is 0 Å². The normalized spacial score (nSPS) is 13.3. The summed E-state index contributed by atoms with van der Waals surface area (Å²) in [4.78, 5) is 10.5. The van der Waals surface area contributed by atoms with E-state index >= 15 is 0 Å². The predicted octanol–water partition coefficient (Wildman–Crippen LogP) is 4.76. The molecule has 0 unspecified atom stereocenters. The van der Waals surface area contributed by atoms with Crippen molar-refractivity contribution in [3.8, 4) is 22.8 Å². The van der Waals surface area contributed by atoms with Crippen LogP contribution in [0.15, 0.2) is 47.5 Å². The monoisotopic (exact) mass is 350 g/mol. The molecule has 5 heteroatoms. The first-order valence-electron chi connectivity index (χ1n) is 8.24. The molecule has 1 N–H and O–H groups in total. The largest absolute Gasteiger partial charge is 0.504 e. The zero-order chi connectivity index (χ0) is 17.2. The van der Waals surface area contributed by atoms with Crippen LogP contribution in [0.3, 0.4) is 0 Å². The summed E-state index contributed by atoms with van der Waals surface area (Å²) < 4.78 is 5.13. The number of hydrogen-bond donors (Lipinski definition) is 1. The quantitative estimate of drug-likeness (QED) is 0.693. The Morgan fingerprint density at radius 2 is 2.04 bits per heavy atom. The van der Waals surface area contributed by atoms with Gasteiger partial charge in [0.15, 0.2) is 11.5 Å². The van der Waals surface area contributed by atoms with E-state index in [1.807, 2.05) is 6.07 Å². The molecule has 3 aromatic rings. The molecule has 0 radical (unpaired) electrons. The van der Waals surface area contributed by atoms with Crippen LogP contribution in [-0.2, 0) is 12.8 Å². The molecule has 1 aliphatic carbocycles. The van der Waals surface area contributed by atoms with Crippen LogP contribution in [0.25, 0.3) is 11.3 Å². The number of para-hydroxylation sites is 1. The van der Waals surface area contributed by atoms with Crippen LogP contribution in [-0.4, -0.2) is 23.4 Å². The lowest BCUT2D eigenvalue weighted by Gasteiger charge is -2.04. The molecule has 1 aliphatic rings. The predicted molar refractivity (Wildman–Crippen MR) is 101 cm³/mol. The molecule has 1 heterocycles. The lowest BCUT2D eigenvalue weighted by Crippen LogP contribution is -1.88. The van der Waals surface area contributed by atoms with Gasteiger partial charge in [0.05, 0.1) is 12.8 Å². The molecule has 0 aliphatic heterocycles. The van der Waals surface area contributed by atoms with Crippen LogP contribution >= 0.6 is 11.3 Å². The summed E-state index contributed by atoms with van der Waals surface area (Å²) in [5.74, 6) is 0.532. The minimum atomic E-state index is 0.0946. The van der Waals surface area contributed by atoms with E-state index in [-0.39, 0.29) is 5.75 Å². The van der Waals surface area contributed by atoms with Crippen molar-refractivity contribution in [1.82, 2.24) is 4.98 Å². The fraction of sp³-hybridized carbons (Fsp3) is 0.200. The molecule has 4 nitrogen and oxygen atoms in total. The number of fused-ring (bicyclic) bond motifs is 3. The maximum Gasteiger partial charge on any atom is 0.209 e. The van der Waals surface area contributed by atoms with Gasteiger partial charge >= 0.3 is 0 Å². The van der Waals surface area contributed by atoms with E-state index in [4.69, 9.17) is 9.72 Å². The van der Waals surface area contributed by atoms with Gasteiger partial charge in [0.2, 0.25) is 5.13 Å². The van der Waals surface area contributed by atoms with Crippen molar-refractivity contribution in [2.75, 3.05) is 7.11 Å². The zero-order valence-electron chi connectivity index (χ0n) is 13.9. The minimum absolute atomic E-state index is 0.0946. The number of rotatable bonds is 3. The Balaban J connectivity index is 1.69.